The van der Waals surface area contributed by atoms with E-state index in [4.69, 9.17) is 4.74 Å². The lowest BCUT2D eigenvalue weighted by Crippen LogP contribution is -2.36. The maximum atomic E-state index is 13.3. The van der Waals surface area contributed by atoms with E-state index in [-0.39, 0.29) is 23.5 Å². The summed E-state index contributed by atoms with van der Waals surface area (Å²) in [6.07, 6.45) is -1.39. The van der Waals surface area contributed by atoms with Gasteiger partial charge in [0.15, 0.2) is 5.78 Å². The molecule has 0 radical (unpaired) electrons. The Bertz CT molecular complexity index is 1060. The number of ether oxygens (including phenoxy) is 1. The number of piperidine rings is 1. The van der Waals surface area contributed by atoms with Gasteiger partial charge in [0, 0.05) is 18.7 Å². The number of hydrogen-bond acceptors (Lipinski definition) is 4. The van der Waals surface area contributed by atoms with Crippen LogP contribution in [-0.4, -0.2) is 30.4 Å². The summed E-state index contributed by atoms with van der Waals surface area (Å²) >= 11 is 0. The molecule has 2 aromatic carbocycles. The Kier molecular flexibility index (Phi) is 5.65. The molecule has 1 saturated heterocycles. The van der Waals surface area contributed by atoms with Crippen LogP contribution in [0.2, 0.25) is 0 Å². The average Bonchev–Trinajstić information content (AvgIpc) is 2.72. The number of Topliss-reactive ketones (excluding diaryl/α,β-unsaturated/α-hetero) is 1. The van der Waals surface area contributed by atoms with Crippen LogP contribution in [0.5, 0.6) is 5.75 Å². The van der Waals surface area contributed by atoms with E-state index >= 15 is 0 Å². The quantitative estimate of drug-likeness (QED) is 0.658. The Balaban J connectivity index is 1.65. The second-order valence-electron chi connectivity index (χ2n) is 8.90. The zero-order chi connectivity index (χ0) is 23.1. The van der Waals surface area contributed by atoms with Crippen molar-refractivity contribution in [3.63, 3.8) is 0 Å². The zero-order valence-electron chi connectivity index (χ0n) is 18.0. The lowest BCUT2D eigenvalue weighted by Gasteiger charge is -2.32. The van der Waals surface area contributed by atoms with Gasteiger partial charge in [0.25, 0.3) is 5.91 Å². The molecular formula is C24H25F3N2O3. The van der Waals surface area contributed by atoms with Crippen LogP contribution < -0.4 is 15.0 Å². The number of halogens is 3. The Morgan fingerprint density at radius 2 is 1.78 bits per heavy atom. The van der Waals surface area contributed by atoms with Crippen LogP contribution in [0.15, 0.2) is 36.4 Å². The minimum Gasteiger partial charge on any atom is -0.487 e. The Morgan fingerprint density at radius 1 is 1.06 bits per heavy atom. The molecule has 1 fully saturated rings. The van der Waals surface area contributed by atoms with Gasteiger partial charge in [-0.05, 0) is 69.5 Å². The van der Waals surface area contributed by atoms with Crippen LogP contribution in [0, 0.1) is 0 Å². The summed E-state index contributed by atoms with van der Waals surface area (Å²) in [4.78, 5) is 27.5. The maximum absolute atomic E-state index is 13.3. The number of carbonyl (C=O) groups excluding carboxylic acids is 2. The molecule has 8 heteroatoms. The van der Waals surface area contributed by atoms with Gasteiger partial charge in [0.1, 0.15) is 11.4 Å². The summed E-state index contributed by atoms with van der Waals surface area (Å²) in [6, 6.07) is 7.93. The van der Waals surface area contributed by atoms with Crippen molar-refractivity contribution in [2.75, 3.05) is 23.3 Å². The molecule has 0 saturated carbocycles. The fourth-order valence-electron chi connectivity index (χ4n) is 4.21. The van der Waals surface area contributed by atoms with Crippen molar-refractivity contribution >= 4 is 23.1 Å². The van der Waals surface area contributed by atoms with Crippen LogP contribution in [-0.2, 0) is 6.18 Å². The number of alkyl halides is 3. The normalized spacial score (nSPS) is 18.0. The fourth-order valence-corrected chi connectivity index (χ4v) is 4.21. The van der Waals surface area contributed by atoms with Crippen molar-refractivity contribution in [1.29, 1.82) is 0 Å². The van der Waals surface area contributed by atoms with Crippen molar-refractivity contribution in [3.8, 4) is 5.75 Å². The van der Waals surface area contributed by atoms with Crippen LogP contribution in [0.4, 0.5) is 24.5 Å². The number of nitrogens with zero attached hydrogens (tertiary/aromatic N) is 1. The highest BCUT2D eigenvalue weighted by atomic mass is 19.4. The van der Waals surface area contributed by atoms with E-state index in [2.05, 4.69) is 5.32 Å². The van der Waals surface area contributed by atoms with E-state index in [0.717, 1.165) is 31.4 Å². The first-order valence-electron chi connectivity index (χ1n) is 10.7. The molecule has 0 aliphatic carbocycles. The largest absolute Gasteiger partial charge is 0.487 e. The van der Waals surface area contributed by atoms with E-state index < -0.39 is 23.2 Å². The van der Waals surface area contributed by atoms with Gasteiger partial charge >= 0.3 is 6.18 Å². The highest BCUT2D eigenvalue weighted by Gasteiger charge is 2.34. The molecule has 1 N–H and O–H groups in total. The molecular weight excluding hydrogens is 421 g/mol. The molecule has 1 amide bonds. The zero-order valence-corrected chi connectivity index (χ0v) is 18.0. The Morgan fingerprint density at radius 3 is 2.47 bits per heavy atom. The standard InChI is InChI=1S/C24H25F3N2O3/c1-23(2)14-20(30)17-12-15(6-9-21(17)32-23)22(31)28-18-13-16(24(25,26)27)7-8-19(18)29-10-4-3-5-11-29/h6-9,12-13H,3-5,10-11,14H2,1-2H3,(H,28,31). The third kappa shape index (κ3) is 4.59. The summed E-state index contributed by atoms with van der Waals surface area (Å²) in [5, 5.41) is 2.64. The van der Waals surface area contributed by atoms with Crippen molar-refractivity contribution in [1.82, 2.24) is 0 Å². The van der Waals surface area contributed by atoms with Crippen molar-refractivity contribution < 1.29 is 27.5 Å². The second kappa shape index (κ2) is 8.15. The van der Waals surface area contributed by atoms with Gasteiger partial charge in [-0.1, -0.05) is 0 Å². The van der Waals surface area contributed by atoms with Gasteiger partial charge in [-0.15, -0.1) is 0 Å². The number of anilines is 2. The first-order chi connectivity index (χ1) is 15.0. The first-order valence-corrected chi connectivity index (χ1v) is 10.7. The molecule has 32 heavy (non-hydrogen) atoms. The van der Waals surface area contributed by atoms with E-state index in [1.807, 2.05) is 18.7 Å². The number of ketones is 1. The van der Waals surface area contributed by atoms with Crippen LogP contribution in [0.3, 0.4) is 0 Å². The van der Waals surface area contributed by atoms with Gasteiger partial charge < -0.3 is 15.0 Å². The summed E-state index contributed by atoms with van der Waals surface area (Å²) in [6.45, 7) is 5.05. The molecule has 2 aliphatic rings. The van der Waals surface area contributed by atoms with Gasteiger partial charge in [-0.25, -0.2) is 0 Å². The summed E-state index contributed by atoms with van der Waals surface area (Å²) in [5.41, 5.74) is -0.308. The summed E-state index contributed by atoms with van der Waals surface area (Å²) in [7, 11) is 0. The molecule has 0 spiro atoms. The summed E-state index contributed by atoms with van der Waals surface area (Å²) < 4.78 is 45.8. The van der Waals surface area contributed by atoms with Gasteiger partial charge in [-0.3, -0.25) is 9.59 Å². The molecule has 5 nitrogen and oxygen atoms in total. The summed E-state index contributed by atoms with van der Waals surface area (Å²) in [5.74, 6) is -0.321. The minimum absolute atomic E-state index is 0.105. The fraction of sp³-hybridized carbons (Fsp3) is 0.417. The van der Waals surface area contributed by atoms with Crippen molar-refractivity contribution in [2.24, 2.45) is 0 Å². The Labute approximate surface area is 184 Å². The predicted octanol–water partition coefficient (Wildman–Crippen LogP) is 5.69. The highest BCUT2D eigenvalue weighted by molar-refractivity contribution is 6.09. The number of rotatable bonds is 3. The molecule has 2 aromatic rings. The lowest BCUT2D eigenvalue weighted by molar-refractivity contribution is -0.137. The number of nitrogens with one attached hydrogen (secondary N) is 1. The molecule has 0 aromatic heterocycles. The Hall–Kier alpha value is -3.03. The number of hydrogen-bond donors (Lipinski definition) is 1. The first kappa shape index (κ1) is 22.2. The van der Waals surface area contributed by atoms with E-state index in [9.17, 15) is 22.8 Å². The van der Waals surface area contributed by atoms with Gasteiger partial charge in [0.05, 0.1) is 28.9 Å². The van der Waals surface area contributed by atoms with E-state index in [0.29, 0.717) is 30.1 Å². The van der Waals surface area contributed by atoms with Gasteiger partial charge in [0.2, 0.25) is 0 Å². The third-order valence-electron chi connectivity index (χ3n) is 5.78. The molecule has 0 bridgehead atoms. The minimum atomic E-state index is -4.53. The predicted molar refractivity (Wildman–Crippen MR) is 116 cm³/mol. The average molecular weight is 446 g/mol. The van der Waals surface area contributed by atoms with Gasteiger partial charge in [-0.2, -0.15) is 13.2 Å². The molecule has 2 aliphatic heterocycles. The second-order valence-corrected chi connectivity index (χ2v) is 8.90. The number of carbonyl (C=O) groups is 2. The third-order valence-corrected chi connectivity index (χ3v) is 5.78. The SMILES string of the molecule is CC1(C)CC(=O)c2cc(C(=O)Nc3cc(C(F)(F)F)ccc3N3CCCCC3)ccc2O1. The molecule has 2 heterocycles. The van der Waals surface area contributed by atoms with Crippen molar-refractivity contribution in [3.05, 3.63) is 53.1 Å². The lowest BCUT2D eigenvalue weighted by atomic mass is 9.92. The molecule has 170 valence electrons. The van der Waals surface area contributed by atoms with Crippen molar-refractivity contribution in [2.45, 2.75) is 51.3 Å². The van der Waals surface area contributed by atoms with Crippen LogP contribution in [0.25, 0.3) is 0 Å². The molecule has 0 unspecified atom stereocenters. The number of benzene rings is 2. The highest BCUT2D eigenvalue weighted by Crippen LogP contribution is 2.37. The van der Waals surface area contributed by atoms with E-state index in [1.54, 1.807) is 6.07 Å². The maximum Gasteiger partial charge on any atom is 0.416 e. The monoisotopic (exact) mass is 446 g/mol. The molecule has 0 atom stereocenters. The smallest absolute Gasteiger partial charge is 0.416 e. The topological polar surface area (TPSA) is 58.6 Å². The van der Waals surface area contributed by atoms with E-state index in [1.165, 1.54) is 18.2 Å². The number of fused-ring (bicyclic) bond motifs is 1. The number of amides is 1. The van der Waals surface area contributed by atoms with Crippen LogP contribution >= 0.6 is 0 Å². The molecule has 4 rings (SSSR count). The van der Waals surface area contributed by atoms with Crippen LogP contribution in [0.1, 0.15) is 65.8 Å².